The molecule has 2 fully saturated rings. The van der Waals surface area contributed by atoms with Crippen LogP contribution in [-0.2, 0) is 16.1 Å². The predicted octanol–water partition coefficient (Wildman–Crippen LogP) is 2.23. The Kier molecular flexibility index (Phi) is 8.51. The van der Waals surface area contributed by atoms with Crippen molar-refractivity contribution in [3.8, 4) is 0 Å². The van der Waals surface area contributed by atoms with Crippen LogP contribution in [0.3, 0.4) is 0 Å². The van der Waals surface area contributed by atoms with E-state index in [0.717, 1.165) is 57.4 Å². The lowest BCUT2D eigenvalue weighted by Gasteiger charge is -2.37. The highest BCUT2D eigenvalue weighted by molar-refractivity contribution is 5.85. The first-order valence-corrected chi connectivity index (χ1v) is 9.82. The van der Waals surface area contributed by atoms with Crippen LogP contribution in [0, 0.1) is 5.92 Å². The lowest BCUT2D eigenvalue weighted by molar-refractivity contribution is -0.143. The van der Waals surface area contributed by atoms with E-state index in [4.69, 9.17) is 0 Å². The fraction of sp³-hybridized carbons (Fsp3) is 0.650. The Morgan fingerprint density at radius 1 is 1.22 bits per heavy atom. The fourth-order valence-electron chi connectivity index (χ4n) is 4.06. The number of hydrogen-bond donors (Lipinski definition) is 1. The molecular weight excluding hydrogens is 364 g/mol. The maximum absolute atomic E-state index is 13.4. The molecule has 0 radical (unpaired) electrons. The van der Waals surface area contributed by atoms with E-state index >= 15 is 0 Å². The van der Waals surface area contributed by atoms with Gasteiger partial charge in [-0.3, -0.25) is 14.6 Å². The largest absolute Gasteiger partial charge is 0.342 e. The molecule has 2 unspecified atom stereocenters. The standard InChI is InChI=1S/C20H30N4O2.ClH/c1-16(25)23-13-5-6-17(14-23)20(26)24(15-18-7-2-3-11-22-18)19-8-4-10-21-12-9-19;/h2-3,7,11,17,19,21H,4-6,8-10,12-15H2,1H3;1H. The van der Waals surface area contributed by atoms with Crippen molar-refractivity contribution in [1.29, 1.82) is 0 Å². The summed E-state index contributed by atoms with van der Waals surface area (Å²) in [7, 11) is 0. The van der Waals surface area contributed by atoms with Crippen LogP contribution in [0.4, 0.5) is 0 Å². The Labute approximate surface area is 168 Å². The number of halogens is 1. The number of amides is 2. The quantitative estimate of drug-likeness (QED) is 0.850. The zero-order valence-electron chi connectivity index (χ0n) is 16.1. The number of carbonyl (C=O) groups excluding carboxylic acids is 2. The van der Waals surface area contributed by atoms with E-state index in [2.05, 4.69) is 10.3 Å². The molecule has 27 heavy (non-hydrogen) atoms. The van der Waals surface area contributed by atoms with Crippen LogP contribution in [0.2, 0.25) is 0 Å². The maximum atomic E-state index is 13.4. The van der Waals surface area contributed by atoms with Crippen LogP contribution in [0.15, 0.2) is 24.4 Å². The molecule has 1 aromatic rings. The first-order chi connectivity index (χ1) is 12.6. The molecule has 2 saturated heterocycles. The van der Waals surface area contributed by atoms with E-state index in [1.54, 1.807) is 13.1 Å². The molecule has 6 nitrogen and oxygen atoms in total. The highest BCUT2D eigenvalue weighted by Crippen LogP contribution is 2.24. The van der Waals surface area contributed by atoms with Gasteiger partial charge in [-0.1, -0.05) is 6.07 Å². The number of pyridine rings is 1. The molecule has 1 N–H and O–H groups in total. The van der Waals surface area contributed by atoms with Gasteiger partial charge in [-0.05, 0) is 57.3 Å². The third-order valence-corrected chi connectivity index (χ3v) is 5.54. The number of nitrogens with one attached hydrogen (secondary N) is 1. The van der Waals surface area contributed by atoms with Crippen LogP contribution >= 0.6 is 12.4 Å². The number of likely N-dealkylation sites (tertiary alicyclic amines) is 1. The lowest BCUT2D eigenvalue weighted by Crippen LogP contribution is -2.49. The van der Waals surface area contributed by atoms with Crippen LogP contribution in [0.25, 0.3) is 0 Å². The van der Waals surface area contributed by atoms with Crippen LogP contribution in [-0.4, -0.2) is 58.8 Å². The number of nitrogens with zero attached hydrogens (tertiary/aromatic N) is 3. The van der Waals surface area contributed by atoms with Gasteiger partial charge in [0.2, 0.25) is 11.8 Å². The van der Waals surface area contributed by atoms with Gasteiger partial charge in [-0.25, -0.2) is 0 Å². The SMILES string of the molecule is CC(=O)N1CCCC(C(=O)N(Cc2ccccn2)C2CCCNCC2)C1.Cl. The van der Waals surface area contributed by atoms with Crippen LogP contribution < -0.4 is 5.32 Å². The normalized spacial score (nSPS) is 23.1. The average molecular weight is 395 g/mol. The van der Waals surface area contributed by atoms with Crippen molar-refractivity contribution in [2.45, 2.75) is 51.6 Å². The lowest BCUT2D eigenvalue weighted by atomic mass is 9.94. The summed E-state index contributed by atoms with van der Waals surface area (Å²) < 4.78 is 0. The van der Waals surface area contributed by atoms with Gasteiger partial charge in [-0.15, -0.1) is 12.4 Å². The fourth-order valence-corrected chi connectivity index (χ4v) is 4.06. The Balaban J connectivity index is 0.00000261. The number of hydrogen-bond acceptors (Lipinski definition) is 4. The van der Waals surface area contributed by atoms with Crippen LogP contribution in [0.1, 0.15) is 44.7 Å². The molecule has 0 saturated carbocycles. The minimum Gasteiger partial charge on any atom is -0.342 e. The van der Waals surface area contributed by atoms with E-state index in [1.807, 2.05) is 28.0 Å². The summed E-state index contributed by atoms with van der Waals surface area (Å²) in [4.78, 5) is 33.5. The number of aromatic nitrogens is 1. The van der Waals surface area contributed by atoms with Gasteiger partial charge >= 0.3 is 0 Å². The Morgan fingerprint density at radius 3 is 2.81 bits per heavy atom. The van der Waals surface area contributed by atoms with Crippen molar-refractivity contribution >= 4 is 24.2 Å². The summed E-state index contributed by atoms with van der Waals surface area (Å²) in [6.45, 7) is 5.44. The van der Waals surface area contributed by atoms with Crippen molar-refractivity contribution in [3.05, 3.63) is 30.1 Å². The molecular formula is C20H31ClN4O2. The van der Waals surface area contributed by atoms with Crippen molar-refractivity contribution in [3.63, 3.8) is 0 Å². The first-order valence-electron chi connectivity index (χ1n) is 9.82. The minimum atomic E-state index is -0.0902. The Morgan fingerprint density at radius 2 is 2.07 bits per heavy atom. The van der Waals surface area contributed by atoms with Gasteiger partial charge in [0, 0.05) is 32.3 Å². The zero-order chi connectivity index (χ0) is 18.4. The molecule has 0 bridgehead atoms. The van der Waals surface area contributed by atoms with Gasteiger partial charge in [0.1, 0.15) is 0 Å². The molecule has 0 spiro atoms. The summed E-state index contributed by atoms with van der Waals surface area (Å²) in [5.74, 6) is 0.165. The monoisotopic (exact) mass is 394 g/mol. The van der Waals surface area contributed by atoms with E-state index in [9.17, 15) is 9.59 Å². The predicted molar refractivity (Wildman–Crippen MR) is 108 cm³/mol. The molecule has 3 heterocycles. The molecule has 2 amide bonds. The average Bonchev–Trinajstić information content (AvgIpc) is 2.96. The second-order valence-electron chi connectivity index (χ2n) is 7.43. The van der Waals surface area contributed by atoms with Crippen molar-refractivity contribution < 1.29 is 9.59 Å². The van der Waals surface area contributed by atoms with Crippen LogP contribution in [0.5, 0.6) is 0 Å². The second kappa shape index (κ2) is 10.6. The van der Waals surface area contributed by atoms with Gasteiger partial charge in [0.05, 0.1) is 18.2 Å². The second-order valence-corrected chi connectivity index (χ2v) is 7.43. The van der Waals surface area contributed by atoms with E-state index in [0.29, 0.717) is 13.1 Å². The van der Waals surface area contributed by atoms with Crippen molar-refractivity contribution in [2.75, 3.05) is 26.2 Å². The number of carbonyl (C=O) groups is 2. The summed E-state index contributed by atoms with van der Waals surface area (Å²) in [6.07, 6.45) is 6.63. The Bertz CT molecular complexity index is 605. The summed E-state index contributed by atoms with van der Waals surface area (Å²) in [5.41, 5.74) is 0.928. The third kappa shape index (κ3) is 5.91. The highest BCUT2D eigenvalue weighted by atomic mass is 35.5. The van der Waals surface area contributed by atoms with E-state index < -0.39 is 0 Å². The molecule has 7 heteroatoms. The Hall–Kier alpha value is -1.66. The highest BCUT2D eigenvalue weighted by Gasteiger charge is 2.33. The molecule has 2 atom stereocenters. The summed E-state index contributed by atoms with van der Waals surface area (Å²) in [6, 6.07) is 6.10. The molecule has 2 aliphatic heterocycles. The molecule has 1 aromatic heterocycles. The maximum Gasteiger partial charge on any atom is 0.228 e. The van der Waals surface area contributed by atoms with Gasteiger partial charge < -0.3 is 15.1 Å². The minimum absolute atomic E-state index is 0. The molecule has 0 aromatic carbocycles. The molecule has 2 aliphatic rings. The van der Waals surface area contributed by atoms with E-state index in [-0.39, 0.29) is 36.2 Å². The zero-order valence-corrected chi connectivity index (χ0v) is 16.9. The topological polar surface area (TPSA) is 65.5 Å². The third-order valence-electron chi connectivity index (χ3n) is 5.54. The number of piperidine rings is 1. The van der Waals surface area contributed by atoms with Gasteiger partial charge in [0.15, 0.2) is 0 Å². The smallest absolute Gasteiger partial charge is 0.228 e. The van der Waals surface area contributed by atoms with Gasteiger partial charge in [-0.2, -0.15) is 0 Å². The number of rotatable bonds is 4. The van der Waals surface area contributed by atoms with E-state index in [1.165, 1.54) is 0 Å². The van der Waals surface area contributed by atoms with Gasteiger partial charge in [0.25, 0.3) is 0 Å². The van der Waals surface area contributed by atoms with Crippen molar-refractivity contribution in [1.82, 2.24) is 20.1 Å². The summed E-state index contributed by atoms with van der Waals surface area (Å²) >= 11 is 0. The summed E-state index contributed by atoms with van der Waals surface area (Å²) in [5, 5.41) is 3.43. The molecule has 3 rings (SSSR count). The first kappa shape index (κ1) is 21.6. The van der Waals surface area contributed by atoms with Crippen molar-refractivity contribution in [2.24, 2.45) is 5.92 Å². The molecule has 0 aliphatic carbocycles. The molecule has 150 valence electrons.